The number of carbonyl (C=O) groups is 2. The van der Waals surface area contributed by atoms with Gasteiger partial charge in [0.1, 0.15) is 5.82 Å². The third-order valence-electron chi connectivity index (χ3n) is 4.86. The number of aromatic nitrogens is 1. The number of nitrogens with one attached hydrogen (secondary N) is 2. The number of anilines is 1. The van der Waals surface area contributed by atoms with Gasteiger partial charge in [-0.05, 0) is 31.5 Å². The van der Waals surface area contributed by atoms with E-state index in [0.29, 0.717) is 38.5 Å². The van der Waals surface area contributed by atoms with E-state index in [9.17, 15) is 9.59 Å². The van der Waals surface area contributed by atoms with Crippen molar-refractivity contribution in [3.8, 4) is 0 Å². The Morgan fingerprint density at radius 2 is 2.08 bits per heavy atom. The molecule has 1 atom stereocenters. The lowest BCUT2D eigenvalue weighted by Gasteiger charge is -2.35. The first-order valence-corrected chi connectivity index (χ1v) is 9.16. The van der Waals surface area contributed by atoms with Crippen molar-refractivity contribution in [3.63, 3.8) is 0 Å². The van der Waals surface area contributed by atoms with Crippen molar-refractivity contribution in [1.29, 1.82) is 0 Å². The fourth-order valence-electron chi connectivity index (χ4n) is 3.42. The number of piperazine rings is 1. The van der Waals surface area contributed by atoms with Crippen LogP contribution in [0.5, 0.6) is 0 Å². The summed E-state index contributed by atoms with van der Waals surface area (Å²) in [5, 5.41) is 6.18. The summed E-state index contributed by atoms with van der Waals surface area (Å²) in [7, 11) is 0. The Balaban J connectivity index is 1.33. The Hall–Kier alpha value is -2.15. The van der Waals surface area contributed by atoms with Crippen LogP contribution in [0.2, 0.25) is 0 Å². The van der Waals surface area contributed by atoms with Crippen molar-refractivity contribution in [2.24, 2.45) is 0 Å². The average Bonchev–Trinajstić information content (AvgIpc) is 3.15. The molecule has 1 unspecified atom stereocenters. The first-order chi connectivity index (χ1) is 12.2. The maximum absolute atomic E-state index is 12.3. The Kier molecular flexibility index (Phi) is 6.22. The summed E-state index contributed by atoms with van der Waals surface area (Å²) in [4.78, 5) is 32.6. The van der Waals surface area contributed by atoms with Gasteiger partial charge in [-0.15, -0.1) is 0 Å². The lowest BCUT2D eigenvalue weighted by atomic mass is 10.1. The molecule has 2 aliphatic rings. The summed E-state index contributed by atoms with van der Waals surface area (Å²) < 4.78 is 0. The van der Waals surface area contributed by atoms with Gasteiger partial charge < -0.3 is 20.4 Å². The predicted molar refractivity (Wildman–Crippen MR) is 96.3 cm³/mol. The van der Waals surface area contributed by atoms with Gasteiger partial charge in [0.15, 0.2) is 0 Å². The normalized spacial score (nSPS) is 20.6. The molecule has 3 heterocycles. The molecule has 25 heavy (non-hydrogen) atoms. The van der Waals surface area contributed by atoms with Gasteiger partial charge in [0, 0.05) is 57.8 Å². The smallest absolute Gasteiger partial charge is 0.224 e. The Bertz CT molecular complexity index is 566. The Morgan fingerprint density at radius 3 is 2.76 bits per heavy atom. The van der Waals surface area contributed by atoms with Crippen LogP contribution >= 0.6 is 0 Å². The van der Waals surface area contributed by atoms with Crippen LogP contribution in [0.3, 0.4) is 0 Å². The van der Waals surface area contributed by atoms with Crippen LogP contribution in [-0.4, -0.2) is 67.0 Å². The number of hydrogen-bond donors (Lipinski definition) is 2. The molecule has 1 aromatic heterocycles. The highest BCUT2D eigenvalue weighted by Gasteiger charge is 2.22. The maximum Gasteiger partial charge on any atom is 0.224 e. The van der Waals surface area contributed by atoms with E-state index >= 15 is 0 Å². The van der Waals surface area contributed by atoms with Crippen molar-refractivity contribution in [2.75, 3.05) is 44.2 Å². The zero-order valence-electron chi connectivity index (χ0n) is 14.6. The minimum Gasteiger partial charge on any atom is -0.356 e. The van der Waals surface area contributed by atoms with Gasteiger partial charge >= 0.3 is 0 Å². The highest BCUT2D eigenvalue weighted by Crippen LogP contribution is 2.13. The quantitative estimate of drug-likeness (QED) is 0.779. The van der Waals surface area contributed by atoms with Gasteiger partial charge in [-0.1, -0.05) is 6.07 Å². The zero-order chi connectivity index (χ0) is 17.5. The zero-order valence-corrected chi connectivity index (χ0v) is 14.6. The second kappa shape index (κ2) is 8.80. The monoisotopic (exact) mass is 345 g/mol. The van der Waals surface area contributed by atoms with Gasteiger partial charge in [0.2, 0.25) is 11.8 Å². The van der Waals surface area contributed by atoms with Gasteiger partial charge in [-0.3, -0.25) is 9.59 Å². The summed E-state index contributed by atoms with van der Waals surface area (Å²) >= 11 is 0. The predicted octanol–water partition coefficient (Wildman–Crippen LogP) is 0.379. The fraction of sp³-hybridized carbons (Fsp3) is 0.611. The lowest BCUT2D eigenvalue weighted by Crippen LogP contribution is -2.49. The van der Waals surface area contributed by atoms with Crippen LogP contribution in [0, 0.1) is 0 Å². The Labute approximate surface area is 148 Å². The molecule has 0 spiro atoms. The molecule has 0 aromatic carbocycles. The molecular weight excluding hydrogens is 318 g/mol. The molecule has 0 saturated carbocycles. The van der Waals surface area contributed by atoms with Gasteiger partial charge in [-0.2, -0.15) is 0 Å². The van der Waals surface area contributed by atoms with Gasteiger partial charge in [0.25, 0.3) is 0 Å². The topological polar surface area (TPSA) is 77.6 Å². The van der Waals surface area contributed by atoms with Crippen molar-refractivity contribution in [1.82, 2.24) is 20.5 Å². The maximum atomic E-state index is 12.3. The van der Waals surface area contributed by atoms with E-state index in [-0.39, 0.29) is 11.8 Å². The SMILES string of the molecule is O=C(CC1CCCN1)NCCC(=O)N1CCN(c2ccccn2)CC1. The van der Waals surface area contributed by atoms with Crippen LogP contribution in [0.1, 0.15) is 25.7 Å². The van der Waals surface area contributed by atoms with Gasteiger partial charge in [-0.25, -0.2) is 4.98 Å². The Morgan fingerprint density at radius 1 is 1.24 bits per heavy atom. The molecule has 2 amide bonds. The third kappa shape index (κ3) is 5.16. The van der Waals surface area contributed by atoms with E-state index in [1.807, 2.05) is 23.1 Å². The number of carbonyl (C=O) groups excluding carboxylic acids is 2. The van der Waals surface area contributed by atoms with Crippen molar-refractivity contribution < 1.29 is 9.59 Å². The van der Waals surface area contributed by atoms with E-state index in [4.69, 9.17) is 0 Å². The number of rotatable bonds is 6. The van der Waals surface area contributed by atoms with Crippen molar-refractivity contribution >= 4 is 17.6 Å². The fourth-order valence-corrected chi connectivity index (χ4v) is 3.42. The minimum atomic E-state index is 0.0344. The lowest BCUT2D eigenvalue weighted by molar-refractivity contribution is -0.131. The van der Waals surface area contributed by atoms with Crippen molar-refractivity contribution in [3.05, 3.63) is 24.4 Å². The number of nitrogens with zero attached hydrogens (tertiary/aromatic N) is 3. The van der Waals surface area contributed by atoms with Crippen LogP contribution in [-0.2, 0) is 9.59 Å². The second-order valence-corrected chi connectivity index (χ2v) is 6.65. The van der Waals surface area contributed by atoms with E-state index in [1.165, 1.54) is 0 Å². The molecule has 2 N–H and O–H groups in total. The molecule has 7 heteroatoms. The molecule has 7 nitrogen and oxygen atoms in total. The molecule has 136 valence electrons. The standard InChI is InChI=1S/C18H27N5O2/c24-17(14-15-4-3-8-19-15)21-9-6-18(25)23-12-10-22(11-13-23)16-5-1-2-7-20-16/h1-2,5,7,15,19H,3-4,6,8-14H2,(H,21,24). The summed E-state index contributed by atoms with van der Waals surface area (Å²) in [5.41, 5.74) is 0. The van der Waals surface area contributed by atoms with Crippen LogP contribution in [0.4, 0.5) is 5.82 Å². The third-order valence-corrected chi connectivity index (χ3v) is 4.86. The molecule has 2 aliphatic heterocycles. The second-order valence-electron chi connectivity index (χ2n) is 6.65. The summed E-state index contributed by atoms with van der Waals surface area (Å²) in [6, 6.07) is 6.17. The minimum absolute atomic E-state index is 0.0344. The average molecular weight is 345 g/mol. The molecule has 0 aliphatic carbocycles. The largest absolute Gasteiger partial charge is 0.356 e. The number of pyridine rings is 1. The summed E-state index contributed by atoms with van der Waals surface area (Å²) in [6.45, 7) is 4.42. The van der Waals surface area contributed by atoms with E-state index in [2.05, 4.69) is 20.5 Å². The molecule has 1 aromatic rings. The molecule has 3 rings (SSSR count). The highest BCUT2D eigenvalue weighted by molar-refractivity contribution is 5.79. The summed E-state index contributed by atoms with van der Waals surface area (Å²) in [6.07, 6.45) is 4.87. The van der Waals surface area contributed by atoms with Crippen LogP contribution in [0.15, 0.2) is 24.4 Å². The summed E-state index contributed by atoms with van der Waals surface area (Å²) in [5.74, 6) is 1.11. The molecule has 2 saturated heterocycles. The molecule has 0 bridgehead atoms. The van der Waals surface area contributed by atoms with Crippen LogP contribution in [0.25, 0.3) is 0 Å². The van der Waals surface area contributed by atoms with E-state index in [1.54, 1.807) is 6.20 Å². The first kappa shape index (κ1) is 17.7. The van der Waals surface area contributed by atoms with Crippen molar-refractivity contribution in [2.45, 2.75) is 31.7 Å². The van der Waals surface area contributed by atoms with E-state index < -0.39 is 0 Å². The highest BCUT2D eigenvalue weighted by atomic mass is 16.2. The first-order valence-electron chi connectivity index (χ1n) is 9.16. The molecular formula is C18H27N5O2. The number of amides is 2. The molecule has 2 fully saturated rings. The van der Waals surface area contributed by atoms with E-state index in [0.717, 1.165) is 38.3 Å². The van der Waals surface area contributed by atoms with Gasteiger partial charge in [0.05, 0.1) is 0 Å². The molecule has 0 radical (unpaired) electrons. The van der Waals surface area contributed by atoms with Crippen LogP contribution < -0.4 is 15.5 Å². The number of hydrogen-bond acceptors (Lipinski definition) is 5.